The molecule has 0 unspecified atom stereocenters. The van der Waals surface area contributed by atoms with Gasteiger partial charge in [0.15, 0.2) is 5.75 Å². The molecule has 1 heterocycles. The summed E-state index contributed by atoms with van der Waals surface area (Å²) >= 11 is 0. The fourth-order valence-corrected chi connectivity index (χ4v) is 0.538. The molecule has 0 fully saturated rings. The molecule has 0 aliphatic rings. The van der Waals surface area contributed by atoms with Gasteiger partial charge in [-0.2, -0.15) is 0 Å². The van der Waals surface area contributed by atoms with Gasteiger partial charge >= 0.3 is 5.97 Å². The normalized spacial score (nSPS) is 9.30. The second-order valence-electron chi connectivity index (χ2n) is 1.66. The Morgan fingerprint density at radius 2 is 2.50 bits per heavy atom. The van der Waals surface area contributed by atoms with Crippen LogP contribution >= 0.6 is 0 Å². The van der Waals surface area contributed by atoms with Crippen LogP contribution in [0.15, 0.2) is 16.7 Å². The highest BCUT2D eigenvalue weighted by molar-refractivity contribution is 5.84. The highest BCUT2D eigenvalue weighted by Crippen LogP contribution is 2.14. The van der Waals surface area contributed by atoms with Gasteiger partial charge in [0.1, 0.15) is 6.26 Å². The number of furan rings is 1. The Bertz CT molecular complexity index is 238. The van der Waals surface area contributed by atoms with Gasteiger partial charge in [-0.15, -0.1) is 0 Å². The van der Waals surface area contributed by atoms with Crippen molar-refractivity contribution in [2.45, 2.75) is 0 Å². The lowest BCUT2D eigenvalue weighted by Gasteiger charge is -1.85. The molecule has 1 aromatic rings. The zero-order valence-corrected chi connectivity index (χ0v) is 5.33. The number of carboxylic acids is 1. The van der Waals surface area contributed by atoms with Crippen molar-refractivity contribution in [1.82, 2.24) is 0 Å². The summed E-state index contributed by atoms with van der Waals surface area (Å²) in [6, 6.07) is 1.31. The molecular weight excluding hydrogens is 136 g/mol. The molecule has 4 nitrogen and oxygen atoms in total. The monoisotopic (exact) mass is 142 g/mol. The summed E-state index contributed by atoms with van der Waals surface area (Å²) in [4.78, 5) is 10.2. The standard InChI is InChI=1S/C6H6O4/c1-9-4-2-5(6(7)8)10-3-4/h2-3H,1H3,(H,7,8). The van der Waals surface area contributed by atoms with Gasteiger partial charge in [0, 0.05) is 6.07 Å². The highest BCUT2D eigenvalue weighted by atomic mass is 16.5. The largest absolute Gasteiger partial charge is 0.493 e. The van der Waals surface area contributed by atoms with Gasteiger partial charge in [-0.25, -0.2) is 4.79 Å². The molecule has 0 saturated heterocycles. The highest BCUT2D eigenvalue weighted by Gasteiger charge is 2.07. The van der Waals surface area contributed by atoms with Crippen LogP contribution in [0.2, 0.25) is 0 Å². The number of aromatic carboxylic acids is 1. The van der Waals surface area contributed by atoms with E-state index in [0.717, 1.165) is 0 Å². The van der Waals surface area contributed by atoms with Crippen LogP contribution in [0.1, 0.15) is 10.6 Å². The molecular formula is C6H6O4. The van der Waals surface area contributed by atoms with Crippen molar-refractivity contribution in [3.63, 3.8) is 0 Å². The minimum Gasteiger partial charge on any atom is -0.493 e. The summed E-state index contributed by atoms with van der Waals surface area (Å²) in [7, 11) is 1.44. The molecule has 0 spiro atoms. The van der Waals surface area contributed by atoms with Gasteiger partial charge in [-0.3, -0.25) is 0 Å². The molecule has 0 aromatic carbocycles. The third kappa shape index (κ3) is 1.10. The van der Waals surface area contributed by atoms with Crippen LogP contribution in [-0.4, -0.2) is 18.2 Å². The fraction of sp³-hybridized carbons (Fsp3) is 0.167. The first-order chi connectivity index (χ1) is 4.74. The van der Waals surface area contributed by atoms with Crippen LogP contribution in [0.5, 0.6) is 5.75 Å². The van der Waals surface area contributed by atoms with E-state index in [-0.39, 0.29) is 5.76 Å². The lowest BCUT2D eigenvalue weighted by Crippen LogP contribution is -1.91. The number of rotatable bonds is 2. The Kier molecular flexibility index (Phi) is 1.62. The van der Waals surface area contributed by atoms with Crippen LogP contribution in [0.25, 0.3) is 0 Å². The third-order valence-electron chi connectivity index (χ3n) is 1.02. The molecule has 0 aliphatic heterocycles. The zero-order valence-electron chi connectivity index (χ0n) is 5.33. The van der Waals surface area contributed by atoms with Crippen molar-refractivity contribution >= 4 is 5.97 Å². The molecule has 10 heavy (non-hydrogen) atoms. The molecule has 0 aliphatic carbocycles. The van der Waals surface area contributed by atoms with Gasteiger partial charge in [0.05, 0.1) is 7.11 Å². The first-order valence-electron chi connectivity index (χ1n) is 2.60. The summed E-state index contributed by atoms with van der Waals surface area (Å²) in [5.41, 5.74) is 0. The van der Waals surface area contributed by atoms with E-state index in [2.05, 4.69) is 9.15 Å². The smallest absolute Gasteiger partial charge is 0.371 e. The lowest BCUT2D eigenvalue weighted by atomic mass is 10.4. The Morgan fingerprint density at radius 1 is 1.80 bits per heavy atom. The third-order valence-corrected chi connectivity index (χ3v) is 1.02. The number of carboxylic acid groups (broad SMARTS) is 1. The molecule has 1 aromatic heterocycles. The fourth-order valence-electron chi connectivity index (χ4n) is 0.538. The predicted octanol–water partition coefficient (Wildman–Crippen LogP) is 0.986. The molecule has 0 bridgehead atoms. The van der Waals surface area contributed by atoms with Gasteiger partial charge in [0.2, 0.25) is 5.76 Å². The molecule has 4 heteroatoms. The Morgan fingerprint density at radius 3 is 2.80 bits per heavy atom. The minimum absolute atomic E-state index is 0.114. The molecule has 54 valence electrons. The van der Waals surface area contributed by atoms with E-state index in [4.69, 9.17) is 5.11 Å². The zero-order chi connectivity index (χ0) is 7.56. The maximum Gasteiger partial charge on any atom is 0.371 e. The van der Waals surface area contributed by atoms with Crippen LogP contribution < -0.4 is 4.74 Å². The van der Waals surface area contributed by atoms with Crippen molar-refractivity contribution in [1.29, 1.82) is 0 Å². The maximum absolute atomic E-state index is 10.2. The average Bonchev–Trinajstić information content (AvgIpc) is 2.34. The van der Waals surface area contributed by atoms with E-state index in [0.29, 0.717) is 5.75 Å². The topological polar surface area (TPSA) is 59.7 Å². The van der Waals surface area contributed by atoms with E-state index in [1.807, 2.05) is 0 Å². The SMILES string of the molecule is COc1coc(C(=O)O)c1. The van der Waals surface area contributed by atoms with Crippen LogP contribution in [0, 0.1) is 0 Å². The van der Waals surface area contributed by atoms with Crippen LogP contribution in [-0.2, 0) is 0 Å². The summed E-state index contributed by atoms with van der Waals surface area (Å²) in [6.45, 7) is 0. The van der Waals surface area contributed by atoms with Crippen LogP contribution in [0.3, 0.4) is 0 Å². The van der Waals surface area contributed by atoms with E-state index in [1.165, 1.54) is 19.4 Å². The van der Waals surface area contributed by atoms with Crippen molar-refractivity contribution in [3.05, 3.63) is 18.1 Å². The Balaban J connectivity index is 2.88. The quantitative estimate of drug-likeness (QED) is 0.668. The number of hydrogen-bond acceptors (Lipinski definition) is 3. The summed E-state index contributed by atoms with van der Waals surface area (Å²) in [5, 5.41) is 8.34. The second kappa shape index (κ2) is 2.43. The van der Waals surface area contributed by atoms with Crippen molar-refractivity contribution in [2.24, 2.45) is 0 Å². The molecule has 0 radical (unpaired) electrons. The molecule has 0 saturated carbocycles. The summed E-state index contributed by atoms with van der Waals surface area (Å²) in [6.07, 6.45) is 1.24. The van der Waals surface area contributed by atoms with Crippen LogP contribution in [0.4, 0.5) is 0 Å². The van der Waals surface area contributed by atoms with E-state index >= 15 is 0 Å². The number of carbonyl (C=O) groups is 1. The lowest BCUT2D eigenvalue weighted by molar-refractivity contribution is 0.0662. The second-order valence-corrected chi connectivity index (χ2v) is 1.66. The molecule has 1 rings (SSSR count). The predicted molar refractivity (Wildman–Crippen MR) is 32.2 cm³/mol. The first kappa shape index (κ1) is 6.67. The van der Waals surface area contributed by atoms with Gasteiger partial charge < -0.3 is 14.3 Å². The number of methoxy groups -OCH3 is 1. The van der Waals surface area contributed by atoms with E-state index < -0.39 is 5.97 Å². The van der Waals surface area contributed by atoms with E-state index in [9.17, 15) is 4.79 Å². The van der Waals surface area contributed by atoms with Gasteiger partial charge in [-0.05, 0) is 0 Å². The van der Waals surface area contributed by atoms with Crippen molar-refractivity contribution < 1.29 is 19.1 Å². The summed E-state index contributed by atoms with van der Waals surface area (Å²) < 4.78 is 9.28. The Hall–Kier alpha value is -1.45. The molecule has 0 atom stereocenters. The van der Waals surface area contributed by atoms with Crippen molar-refractivity contribution in [3.8, 4) is 5.75 Å². The van der Waals surface area contributed by atoms with Gasteiger partial charge in [-0.1, -0.05) is 0 Å². The average molecular weight is 142 g/mol. The summed E-state index contributed by atoms with van der Waals surface area (Å²) in [5.74, 6) is -0.794. The van der Waals surface area contributed by atoms with Crippen molar-refractivity contribution in [2.75, 3.05) is 7.11 Å². The molecule has 0 amide bonds. The number of hydrogen-bond donors (Lipinski definition) is 1. The van der Waals surface area contributed by atoms with Gasteiger partial charge in [0.25, 0.3) is 0 Å². The first-order valence-corrected chi connectivity index (χ1v) is 2.60. The minimum atomic E-state index is -1.09. The number of ether oxygens (including phenoxy) is 1. The molecule has 1 N–H and O–H groups in total. The maximum atomic E-state index is 10.2. The Labute approximate surface area is 57.0 Å². The van der Waals surface area contributed by atoms with E-state index in [1.54, 1.807) is 0 Å².